The lowest BCUT2D eigenvalue weighted by Gasteiger charge is -2.10. The van der Waals surface area contributed by atoms with Crippen LogP contribution in [-0.4, -0.2) is 34.7 Å². The fourth-order valence-electron chi connectivity index (χ4n) is 1.68. The second kappa shape index (κ2) is 6.51. The van der Waals surface area contributed by atoms with E-state index in [4.69, 9.17) is 23.2 Å². The zero-order valence-corrected chi connectivity index (χ0v) is 12.6. The van der Waals surface area contributed by atoms with E-state index in [9.17, 15) is 4.79 Å². The Bertz CT molecular complexity index is 723. The van der Waals surface area contributed by atoms with Gasteiger partial charge in [0.05, 0.1) is 17.6 Å². The predicted octanol–water partition coefficient (Wildman–Crippen LogP) is 2.36. The van der Waals surface area contributed by atoms with Crippen LogP contribution in [0.25, 0.3) is 11.4 Å². The first-order valence-corrected chi connectivity index (χ1v) is 6.59. The molecule has 0 aliphatic heterocycles. The Morgan fingerprint density at radius 1 is 1.48 bits per heavy atom. The van der Waals surface area contributed by atoms with E-state index in [-0.39, 0.29) is 11.1 Å². The van der Waals surface area contributed by atoms with Crippen LogP contribution in [0.4, 0.5) is 0 Å². The van der Waals surface area contributed by atoms with Crippen LogP contribution >= 0.6 is 23.2 Å². The molecule has 1 N–H and O–H groups in total. The second-order valence-electron chi connectivity index (χ2n) is 3.95. The summed E-state index contributed by atoms with van der Waals surface area (Å²) >= 11 is 11.8. The number of aliphatic imine (C=N–C) groups is 1. The summed E-state index contributed by atoms with van der Waals surface area (Å²) in [5, 5.41) is 10.8. The molecule has 0 unspecified atom stereocenters. The van der Waals surface area contributed by atoms with Gasteiger partial charge in [-0.15, -0.1) is 5.10 Å². The summed E-state index contributed by atoms with van der Waals surface area (Å²) in [5.41, 5.74) is 1.57. The minimum absolute atomic E-state index is 0.249. The number of amides is 1. The molecule has 1 heterocycles. The SMILES string of the molecule is C=N/C(=C\C(=O)NC)c1cc(Cl)ccc1-n1cc(Cl)nn1. The number of rotatable bonds is 4. The normalized spacial score (nSPS) is 11.3. The van der Waals surface area contributed by atoms with Crippen LogP contribution in [0.3, 0.4) is 0 Å². The number of carbonyl (C=O) groups excluding carboxylic acids is 1. The van der Waals surface area contributed by atoms with Crippen LogP contribution in [0.15, 0.2) is 35.5 Å². The van der Waals surface area contributed by atoms with Crippen LogP contribution in [0, 0.1) is 0 Å². The molecule has 0 fully saturated rings. The zero-order chi connectivity index (χ0) is 15.4. The van der Waals surface area contributed by atoms with Gasteiger partial charge in [-0.2, -0.15) is 0 Å². The van der Waals surface area contributed by atoms with Gasteiger partial charge in [0.1, 0.15) is 0 Å². The summed E-state index contributed by atoms with van der Waals surface area (Å²) in [6, 6.07) is 5.08. The van der Waals surface area contributed by atoms with Crippen LogP contribution < -0.4 is 5.32 Å². The minimum Gasteiger partial charge on any atom is -0.356 e. The fourth-order valence-corrected chi connectivity index (χ4v) is 1.98. The Hall–Kier alpha value is -2.18. The molecule has 0 aliphatic rings. The summed E-state index contributed by atoms with van der Waals surface area (Å²) < 4.78 is 1.47. The third-order valence-corrected chi connectivity index (χ3v) is 3.04. The van der Waals surface area contributed by atoms with Gasteiger partial charge in [-0.1, -0.05) is 28.4 Å². The lowest BCUT2D eigenvalue weighted by Crippen LogP contribution is -2.15. The minimum atomic E-state index is -0.306. The summed E-state index contributed by atoms with van der Waals surface area (Å²) in [6.07, 6.45) is 2.86. The molecule has 0 radical (unpaired) electrons. The molecule has 8 heteroatoms. The molecule has 0 atom stereocenters. The van der Waals surface area contributed by atoms with Crippen molar-refractivity contribution in [3.63, 3.8) is 0 Å². The molecule has 2 rings (SSSR count). The van der Waals surface area contributed by atoms with Gasteiger partial charge >= 0.3 is 0 Å². The van der Waals surface area contributed by atoms with Crippen molar-refractivity contribution in [2.75, 3.05) is 7.05 Å². The van der Waals surface area contributed by atoms with Crippen LogP contribution in [0.1, 0.15) is 5.56 Å². The molecule has 1 aromatic carbocycles. The number of halogens is 2. The Morgan fingerprint density at radius 2 is 2.24 bits per heavy atom. The summed E-state index contributed by atoms with van der Waals surface area (Å²) in [7, 11) is 1.52. The second-order valence-corrected chi connectivity index (χ2v) is 4.77. The van der Waals surface area contributed by atoms with Crippen LogP contribution in [0.5, 0.6) is 0 Å². The lowest BCUT2D eigenvalue weighted by molar-refractivity contribution is -0.116. The summed E-state index contributed by atoms with van der Waals surface area (Å²) in [6.45, 7) is 3.48. The van der Waals surface area contributed by atoms with Crippen molar-refractivity contribution in [3.8, 4) is 5.69 Å². The van der Waals surface area contributed by atoms with Gasteiger partial charge in [-0.25, -0.2) is 4.68 Å². The quantitative estimate of drug-likeness (QED) is 0.693. The topological polar surface area (TPSA) is 72.2 Å². The van der Waals surface area contributed by atoms with Gasteiger partial charge in [0, 0.05) is 23.7 Å². The van der Waals surface area contributed by atoms with E-state index in [2.05, 4.69) is 27.3 Å². The maximum atomic E-state index is 11.5. The lowest BCUT2D eigenvalue weighted by atomic mass is 10.1. The Kier molecular flexibility index (Phi) is 4.72. The predicted molar refractivity (Wildman–Crippen MR) is 83.0 cm³/mol. The van der Waals surface area contributed by atoms with Gasteiger partial charge in [0.25, 0.3) is 0 Å². The number of likely N-dealkylation sites (N-methyl/N-ethyl adjacent to an activating group) is 1. The summed E-state index contributed by atoms with van der Waals surface area (Å²) in [5.74, 6) is -0.306. The highest BCUT2D eigenvalue weighted by atomic mass is 35.5. The molecule has 1 amide bonds. The van der Waals surface area contributed by atoms with E-state index in [0.29, 0.717) is 22.0 Å². The highest BCUT2D eigenvalue weighted by molar-refractivity contribution is 6.31. The molecule has 0 spiro atoms. The van der Waals surface area contributed by atoms with E-state index in [1.54, 1.807) is 18.2 Å². The van der Waals surface area contributed by atoms with E-state index in [1.807, 2.05) is 0 Å². The molecule has 0 bridgehead atoms. The average molecular weight is 324 g/mol. The first-order chi connectivity index (χ1) is 10.0. The van der Waals surface area contributed by atoms with E-state index in [0.717, 1.165) is 0 Å². The first-order valence-electron chi connectivity index (χ1n) is 5.83. The van der Waals surface area contributed by atoms with Crippen LogP contribution in [0.2, 0.25) is 10.2 Å². The fraction of sp³-hybridized carbons (Fsp3) is 0.0769. The van der Waals surface area contributed by atoms with E-state index < -0.39 is 0 Å². The summed E-state index contributed by atoms with van der Waals surface area (Å²) in [4.78, 5) is 15.4. The largest absolute Gasteiger partial charge is 0.356 e. The van der Waals surface area contributed by atoms with Crippen molar-refractivity contribution >= 4 is 41.5 Å². The number of hydrogen-bond donors (Lipinski definition) is 1. The molecule has 2 aromatic rings. The van der Waals surface area contributed by atoms with Crippen molar-refractivity contribution < 1.29 is 4.79 Å². The number of hydrogen-bond acceptors (Lipinski definition) is 4. The van der Waals surface area contributed by atoms with Gasteiger partial charge < -0.3 is 5.32 Å². The monoisotopic (exact) mass is 323 g/mol. The number of carbonyl (C=O) groups is 1. The van der Waals surface area contributed by atoms with Gasteiger partial charge in [-0.05, 0) is 24.9 Å². The standard InChI is InChI=1S/C13H11Cl2N5O/c1-16-10(6-13(21)17-2)9-5-8(14)3-4-11(9)20-7-12(15)18-19-20/h3-7H,1H2,2H3,(H,17,21)/b10-6-. The van der Waals surface area contributed by atoms with Crippen molar-refractivity contribution in [3.05, 3.63) is 46.2 Å². The number of aromatic nitrogens is 3. The molecule has 0 saturated heterocycles. The third kappa shape index (κ3) is 3.48. The molecular weight excluding hydrogens is 313 g/mol. The maximum absolute atomic E-state index is 11.5. The van der Waals surface area contributed by atoms with Gasteiger partial charge in [0.2, 0.25) is 5.91 Å². The Morgan fingerprint density at radius 3 is 2.81 bits per heavy atom. The van der Waals surface area contributed by atoms with Crippen molar-refractivity contribution in [2.45, 2.75) is 0 Å². The number of benzene rings is 1. The smallest absolute Gasteiger partial charge is 0.245 e. The van der Waals surface area contributed by atoms with Gasteiger partial charge in [0.15, 0.2) is 5.15 Å². The highest BCUT2D eigenvalue weighted by Crippen LogP contribution is 2.27. The van der Waals surface area contributed by atoms with Crippen LogP contribution in [-0.2, 0) is 4.79 Å². The van der Waals surface area contributed by atoms with Crippen molar-refractivity contribution in [1.29, 1.82) is 0 Å². The van der Waals surface area contributed by atoms with Gasteiger partial charge in [-0.3, -0.25) is 9.79 Å². The highest BCUT2D eigenvalue weighted by Gasteiger charge is 2.12. The number of nitrogens with zero attached hydrogens (tertiary/aromatic N) is 4. The number of nitrogens with one attached hydrogen (secondary N) is 1. The molecular formula is C13H11Cl2N5O. The van der Waals surface area contributed by atoms with Crippen molar-refractivity contribution in [2.24, 2.45) is 4.99 Å². The first kappa shape index (κ1) is 15.2. The third-order valence-electron chi connectivity index (χ3n) is 2.63. The van der Waals surface area contributed by atoms with Crippen molar-refractivity contribution in [1.82, 2.24) is 20.3 Å². The molecule has 0 aliphatic carbocycles. The average Bonchev–Trinajstić information content (AvgIpc) is 2.90. The molecule has 108 valence electrons. The van der Waals surface area contributed by atoms with E-state index >= 15 is 0 Å². The van der Waals surface area contributed by atoms with E-state index in [1.165, 1.54) is 24.0 Å². The molecule has 1 aromatic heterocycles. The maximum Gasteiger partial charge on any atom is 0.245 e. The molecule has 6 nitrogen and oxygen atoms in total. The zero-order valence-electron chi connectivity index (χ0n) is 11.0. The molecule has 21 heavy (non-hydrogen) atoms. The Labute approximate surface area is 131 Å². The Balaban J connectivity index is 2.61. The molecule has 0 saturated carbocycles.